The van der Waals surface area contributed by atoms with Crippen LogP contribution in [0.5, 0.6) is 0 Å². The molecule has 0 bridgehead atoms. The van der Waals surface area contributed by atoms with Gasteiger partial charge in [-0.2, -0.15) is 0 Å². The van der Waals surface area contributed by atoms with Gasteiger partial charge in [-0.25, -0.2) is 5.01 Å². The molecular formula is C13H28N2O3Si. The van der Waals surface area contributed by atoms with Gasteiger partial charge < -0.3 is 9.53 Å². The van der Waals surface area contributed by atoms with E-state index in [0.717, 1.165) is 0 Å². The van der Waals surface area contributed by atoms with Crippen molar-refractivity contribution in [2.75, 3.05) is 7.05 Å². The molecule has 0 saturated carbocycles. The average Bonchev–Trinajstić information content (AvgIpc) is 2.52. The van der Waals surface area contributed by atoms with Crippen LogP contribution in [0.3, 0.4) is 0 Å². The number of hydrogen-bond donors (Lipinski definition) is 2. The van der Waals surface area contributed by atoms with Crippen molar-refractivity contribution in [1.29, 1.82) is 0 Å². The second kappa shape index (κ2) is 5.52. The first-order chi connectivity index (χ1) is 8.45. The van der Waals surface area contributed by atoms with E-state index >= 15 is 0 Å². The van der Waals surface area contributed by atoms with Gasteiger partial charge in [0.15, 0.2) is 8.32 Å². The number of hydrazine groups is 1. The Bertz CT molecular complexity index is 339. The maximum absolute atomic E-state index is 11.5. The van der Waals surface area contributed by atoms with E-state index < -0.39 is 14.4 Å². The first-order valence-corrected chi connectivity index (χ1v) is 9.75. The number of carbonyl (C=O) groups excluding carboxylic acids is 1. The predicted molar refractivity (Wildman–Crippen MR) is 78.1 cm³/mol. The summed E-state index contributed by atoms with van der Waals surface area (Å²) in [6.07, 6.45) is -0.570. The van der Waals surface area contributed by atoms with Gasteiger partial charge in [0, 0.05) is 13.5 Å². The Hall–Kier alpha value is -0.433. The van der Waals surface area contributed by atoms with Crippen LogP contribution in [-0.2, 0) is 9.22 Å². The number of carbonyl (C=O) groups is 1. The highest BCUT2D eigenvalue weighted by molar-refractivity contribution is 6.74. The lowest BCUT2D eigenvalue weighted by atomic mass is 10.0. The third-order valence-corrected chi connectivity index (χ3v) is 8.76. The number of aliphatic hydroxyl groups excluding tert-OH is 1. The first kappa shape index (κ1) is 16.6. The van der Waals surface area contributed by atoms with Crippen LogP contribution in [0.15, 0.2) is 0 Å². The summed E-state index contributed by atoms with van der Waals surface area (Å²) < 4.78 is 6.32. The molecule has 0 spiro atoms. The second-order valence-corrected chi connectivity index (χ2v) is 11.8. The molecule has 6 heteroatoms. The topological polar surface area (TPSA) is 61.8 Å². The van der Waals surface area contributed by atoms with E-state index in [4.69, 9.17) is 4.43 Å². The second-order valence-electron chi connectivity index (χ2n) is 7.00. The first-order valence-electron chi connectivity index (χ1n) is 6.84. The van der Waals surface area contributed by atoms with Gasteiger partial charge in [0.05, 0.1) is 18.2 Å². The molecule has 1 amide bonds. The zero-order chi connectivity index (χ0) is 15.0. The highest BCUT2D eigenvalue weighted by atomic mass is 28.4. The van der Waals surface area contributed by atoms with E-state index in [2.05, 4.69) is 39.3 Å². The number of nitrogens with one attached hydrogen (secondary N) is 1. The molecule has 0 radical (unpaired) electrons. The summed E-state index contributed by atoms with van der Waals surface area (Å²) in [5.41, 5.74) is 2.75. The highest BCUT2D eigenvalue weighted by Crippen LogP contribution is 2.38. The van der Waals surface area contributed by atoms with Gasteiger partial charge in [-0.3, -0.25) is 10.2 Å². The van der Waals surface area contributed by atoms with Crippen LogP contribution in [0.2, 0.25) is 18.1 Å². The van der Waals surface area contributed by atoms with Crippen molar-refractivity contribution in [3.8, 4) is 0 Å². The standard InChI is InChI=1S/C13H28N2O3Si/c1-9(16)12(10-8-11(17)14-15(10)5)18-19(6,7)13(2,3)4/h9-10,12,16H,8H2,1-7H3,(H,14,17)/t9-,10+,12-/m0/s1. The van der Waals surface area contributed by atoms with Crippen molar-refractivity contribution in [3.63, 3.8) is 0 Å². The SMILES string of the molecule is C[C@H](O)[C@H](O[Si](C)(C)C(C)(C)C)[C@H]1CC(=O)NN1C. The minimum atomic E-state index is -1.98. The molecule has 1 rings (SSSR count). The quantitative estimate of drug-likeness (QED) is 0.770. The highest BCUT2D eigenvalue weighted by Gasteiger charge is 2.44. The molecule has 0 unspecified atom stereocenters. The summed E-state index contributed by atoms with van der Waals surface area (Å²) >= 11 is 0. The van der Waals surface area contributed by atoms with E-state index in [9.17, 15) is 9.90 Å². The van der Waals surface area contributed by atoms with Crippen LogP contribution in [0.1, 0.15) is 34.1 Å². The van der Waals surface area contributed by atoms with E-state index in [-0.39, 0.29) is 23.1 Å². The zero-order valence-corrected chi connectivity index (χ0v) is 14.2. The molecule has 0 aliphatic carbocycles. The van der Waals surface area contributed by atoms with Crippen molar-refractivity contribution >= 4 is 14.2 Å². The number of rotatable bonds is 4. The Morgan fingerprint density at radius 3 is 2.32 bits per heavy atom. The lowest BCUT2D eigenvalue weighted by molar-refractivity contribution is -0.120. The van der Waals surface area contributed by atoms with E-state index in [1.807, 2.05) is 7.05 Å². The summed E-state index contributed by atoms with van der Waals surface area (Å²) in [4.78, 5) is 11.5. The van der Waals surface area contributed by atoms with Crippen molar-refractivity contribution in [1.82, 2.24) is 10.4 Å². The number of likely N-dealkylation sites (N-methyl/N-ethyl adjacent to an activating group) is 1. The molecule has 2 N–H and O–H groups in total. The van der Waals surface area contributed by atoms with Crippen LogP contribution in [0, 0.1) is 0 Å². The molecule has 1 aliphatic rings. The average molecular weight is 288 g/mol. The number of amides is 1. The van der Waals surface area contributed by atoms with Crippen molar-refractivity contribution in [3.05, 3.63) is 0 Å². The molecule has 5 nitrogen and oxygen atoms in total. The molecule has 1 aliphatic heterocycles. The van der Waals surface area contributed by atoms with E-state index in [1.165, 1.54) is 0 Å². The van der Waals surface area contributed by atoms with E-state index in [0.29, 0.717) is 6.42 Å². The van der Waals surface area contributed by atoms with Gasteiger partial charge in [-0.15, -0.1) is 0 Å². The predicted octanol–water partition coefficient (Wildman–Crippen LogP) is 1.49. The Morgan fingerprint density at radius 2 is 2.00 bits per heavy atom. The lowest BCUT2D eigenvalue weighted by Gasteiger charge is -2.42. The Morgan fingerprint density at radius 1 is 1.47 bits per heavy atom. The van der Waals surface area contributed by atoms with Crippen LogP contribution in [0.4, 0.5) is 0 Å². The Labute approximate surface area is 117 Å². The number of aliphatic hydroxyl groups is 1. The minimum Gasteiger partial charge on any atom is -0.410 e. The number of hydrogen-bond acceptors (Lipinski definition) is 4. The van der Waals surface area contributed by atoms with Crippen molar-refractivity contribution in [2.24, 2.45) is 0 Å². The van der Waals surface area contributed by atoms with Crippen LogP contribution < -0.4 is 5.43 Å². The largest absolute Gasteiger partial charge is 0.410 e. The van der Waals surface area contributed by atoms with Crippen LogP contribution in [0.25, 0.3) is 0 Å². The summed E-state index contributed by atoms with van der Waals surface area (Å²) in [7, 11) is -0.156. The fourth-order valence-corrected chi connectivity index (χ4v) is 3.39. The smallest absolute Gasteiger partial charge is 0.236 e. The molecule has 19 heavy (non-hydrogen) atoms. The van der Waals surface area contributed by atoms with Gasteiger partial charge in [0.2, 0.25) is 5.91 Å². The summed E-state index contributed by atoms with van der Waals surface area (Å²) in [6, 6.07) is -0.110. The monoisotopic (exact) mass is 288 g/mol. The molecule has 1 saturated heterocycles. The lowest BCUT2D eigenvalue weighted by Crippen LogP contribution is -2.54. The van der Waals surface area contributed by atoms with Gasteiger partial charge in [-0.1, -0.05) is 20.8 Å². The molecule has 0 aromatic carbocycles. The van der Waals surface area contributed by atoms with Crippen LogP contribution in [-0.4, -0.2) is 49.6 Å². The summed E-state index contributed by atoms with van der Waals surface area (Å²) in [5.74, 6) is -0.0167. The van der Waals surface area contributed by atoms with Crippen LogP contribution >= 0.6 is 0 Å². The van der Waals surface area contributed by atoms with Crippen molar-refractivity contribution in [2.45, 2.75) is 70.5 Å². The fourth-order valence-electron chi connectivity index (χ4n) is 2.00. The molecule has 0 aromatic heterocycles. The summed E-state index contributed by atoms with van der Waals surface area (Å²) in [6.45, 7) is 12.5. The molecule has 1 heterocycles. The maximum atomic E-state index is 11.5. The van der Waals surface area contributed by atoms with Gasteiger partial charge in [0.1, 0.15) is 0 Å². The molecule has 1 fully saturated rings. The molecule has 3 atom stereocenters. The maximum Gasteiger partial charge on any atom is 0.236 e. The molecule has 112 valence electrons. The van der Waals surface area contributed by atoms with Gasteiger partial charge in [0.25, 0.3) is 0 Å². The third-order valence-electron chi connectivity index (χ3n) is 4.28. The number of nitrogens with zero attached hydrogens (tertiary/aromatic N) is 1. The van der Waals surface area contributed by atoms with Gasteiger partial charge >= 0.3 is 0 Å². The van der Waals surface area contributed by atoms with E-state index in [1.54, 1.807) is 11.9 Å². The molecular weight excluding hydrogens is 260 g/mol. The Balaban J connectivity index is 2.88. The van der Waals surface area contributed by atoms with Crippen molar-refractivity contribution < 1.29 is 14.3 Å². The zero-order valence-electron chi connectivity index (χ0n) is 13.2. The molecule has 0 aromatic rings. The normalized spacial score (nSPS) is 25.3. The third kappa shape index (κ3) is 3.78. The fraction of sp³-hybridized carbons (Fsp3) is 0.923. The minimum absolute atomic E-state index is 0.0167. The van der Waals surface area contributed by atoms with Gasteiger partial charge in [-0.05, 0) is 25.1 Å². The Kier molecular flexibility index (Phi) is 4.82. The summed E-state index contributed by atoms with van der Waals surface area (Å²) in [5, 5.41) is 11.9.